The molecule has 2 heterocycles. The van der Waals surface area contributed by atoms with Crippen molar-refractivity contribution in [3.05, 3.63) is 52.7 Å². The van der Waals surface area contributed by atoms with Crippen LogP contribution < -0.4 is 0 Å². The molecule has 0 unspecified atom stereocenters. The number of nitrogens with zero attached hydrogens (tertiary/aromatic N) is 2. The lowest BCUT2D eigenvalue weighted by atomic mass is 10.1. The van der Waals surface area contributed by atoms with Gasteiger partial charge in [0.25, 0.3) is 5.91 Å². The highest BCUT2D eigenvalue weighted by atomic mass is 79.9. The van der Waals surface area contributed by atoms with Gasteiger partial charge in [0.2, 0.25) is 0 Å². The predicted molar refractivity (Wildman–Crippen MR) is 82.8 cm³/mol. The number of carbonyl (C=O) groups excluding carboxylic acids is 1. The number of amides is 1. The minimum atomic E-state index is 0.0430. The van der Waals surface area contributed by atoms with E-state index in [2.05, 4.69) is 20.9 Å². The topological polar surface area (TPSA) is 46.3 Å². The van der Waals surface area contributed by atoms with Gasteiger partial charge in [-0.15, -0.1) is 0 Å². The van der Waals surface area contributed by atoms with Crippen molar-refractivity contribution < 1.29 is 9.21 Å². The van der Waals surface area contributed by atoms with E-state index in [1.165, 1.54) is 12.8 Å². The molecule has 1 amide bonds. The van der Waals surface area contributed by atoms with Crippen molar-refractivity contribution in [3.8, 4) is 0 Å². The molecule has 0 atom stereocenters. The van der Waals surface area contributed by atoms with Gasteiger partial charge in [-0.2, -0.15) is 0 Å². The largest absolute Gasteiger partial charge is 0.467 e. The standard InChI is InChI=1S/C16H17BrN2O2/c17-15-10-12(7-8-18-15)16(20)19(13-4-1-2-5-13)11-14-6-3-9-21-14/h3,6-10,13H,1-2,4-5,11H2. The van der Waals surface area contributed by atoms with Crippen molar-refractivity contribution in [2.24, 2.45) is 0 Å². The Labute approximate surface area is 132 Å². The van der Waals surface area contributed by atoms with Crippen molar-refractivity contribution in [2.45, 2.75) is 38.3 Å². The first-order chi connectivity index (χ1) is 10.2. The Morgan fingerprint density at radius 2 is 2.19 bits per heavy atom. The third-order valence-corrected chi connectivity index (χ3v) is 4.34. The van der Waals surface area contributed by atoms with Crippen LogP contribution in [0.5, 0.6) is 0 Å². The molecule has 0 spiro atoms. The number of carbonyl (C=O) groups is 1. The van der Waals surface area contributed by atoms with Crippen LogP contribution in [0.1, 0.15) is 41.8 Å². The number of hydrogen-bond acceptors (Lipinski definition) is 3. The summed E-state index contributed by atoms with van der Waals surface area (Å²) in [5.74, 6) is 0.866. The van der Waals surface area contributed by atoms with Gasteiger partial charge >= 0.3 is 0 Å². The molecule has 21 heavy (non-hydrogen) atoms. The van der Waals surface area contributed by atoms with Crippen molar-refractivity contribution in [1.82, 2.24) is 9.88 Å². The van der Waals surface area contributed by atoms with Gasteiger partial charge in [-0.1, -0.05) is 12.8 Å². The Hall–Kier alpha value is -1.62. The van der Waals surface area contributed by atoms with Crippen molar-refractivity contribution in [1.29, 1.82) is 0 Å². The van der Waals surface area contributed by atoms with Gasteiger partial charge in [-0.05, 0) is 53.0 Å². The lowest BCUT2D eigenvalue weighted by Gasteiger charge is -2.28. The molecule has 2 aromatic heterocycles. The molecular formula is C16H17BrN2O2. The molecule has 5 heteroatoms. The van der Waals surface area contributed by atoms with Gasteiger partial charge in [0.05, 0.1) is 12.8 Å². The van der Waals surface area contributed by atoms with Crippen LogP contribution in [0.15, 0.2) is 45.7 Å². The van der Waals surface area contributed by atoms with Gasteiger partial charge in [-0.3, -0.25) is 4.79 Å². The number of hydrogen-bond donors (Lipinski definition) is 0. The average molecular weight is 349 g/mol. The second-order valence-corrected chi connectivity index (χ2v) is 6.13. The van der Waals surface area contributed by atoms with Crippen molar-refractivity contribution in [3.63, 3.8) is 0 Å². The molecule has 1 fully saturated rings. The molecule has 4 nitrogen and oxygen atoms in total. The number of pyridine rings is 1. The van der Waals surface area contributed by atoms with Crippen LogP contribution in [0.2, 0.25) is 0 Å². The Kier molecular flexibility index (Phi) is 4.39. The highest BCUT2D eigenvalue weighted by Crippen LogP contribution is 2.27. The van der Waals surface area contributed by atoms with Crippen molar-refractivity contribution in [2.75, 3.05) is 0 Å². The number of rotatable bonds is 4. The molecule has 2 aromatic rings. The predicted octanol–water partition coefficient (Wildman–Crippen LogP) is 4.02. The average Bonchev–Trinajstić information content (AvgIpc) is 3.17. The van der Waals surface area contributed by atoms with Gasteiger partial charge in [0.1, 0.15) is 10.4 Å². The zero-order valence-electron chi connectivity index (χ0n) is 11.7. The van der Waals surface area contributed by atoms with Gasteiger partial charge < -0.3 is 9.32 Å². The second kappa shape index (κ2) is 6.43. The fraction of sp³-hybridized carbons (Fsp3) is 0.375. The third-order valence-electron chi connectivity index (χ3n) is 3.91. The Morgan fingerprint density at radius 1 is 1.38 bits per heavy atom. The first kappa shape index (κ1) is 14.3. The number of furan rings is 1. The molecule has 0 radical (unpaired) electrons. The molecule has 3 rings (SSSR count). The fourth-order valence-electron chi connectivity index (χ4n) is 2.85. The molecule has 0 aliphatic heterocycles. The monoisotopic (exact) mass is 348 g/mol. The summed E-state index contributed by atoms with van der Waals surface area (Å²) in [6.07, 6.45) is 7.81. The van der Waals surface area contributed by atoms with Gasteiger partial charge in [0, 0.05) is 17.8 Å². The Morgan fingerprint density at radius 3 is 2.86 bits per heavy atom. The van der Waals surface area contributed by atoms with E-state index in [1.807, 2.05) is 17.0 Å². The maximum absolute atomic E-state index is 12.8. The molecule has 0 bridgehead atoms. The number of aromatic nitrogens is 1. The highest BCUT2D eigenvalue weighted by molar-refractivity contribution is 9.10. The Bertz CT molecular complexity index is 606. The first-order valence-electron chi connectivity index (χ1n) is 7.19. The summed E-state index contributed by atoms with van der Waals surface area (Å²) in [6.45, 7) is 0.524. The lowest BCUT2D eigenvalue weighted by molar-refractivity contribution is 0.0649. The van der Waals surface area contributed by atoms with E-state index in [9.17, 15) is 4.79 Å². The molecule has 110 valence electrons. The van der Waals surface area contributed by atoms with E-state index in [0.717, 1.165) is 18.6 Å². The van der Waals surface area contributed by atoms with Crippen LogP contribution in [-0.2, 0) is 6.54 Å². The maximum atomic E-state index is 12.8. The van der Waals surface area contributed by atoms with Crippen LogP contribution >= 0.6 is 15.9 Å². The van der Waals surface area contributed by atoms with Gasteiger partial charge in [-0.25, -0.2) is 4.98 Å². The van der Waals surface area contributed by atoms with E-state index in [1.54, 1.807) is 24.6 Å². The molecule has 0 N–H and O–H groups in total. The molecule has 1 aliphatic rings. The summed E-state index contributed by atoms with van der Waals surface area (Å²) in [4.78, 5) is 18.9. The SMILES string of the molecule is O=C(c1ccnc(Br)c1)N(Cc1ccco1)C1CCCC1. The highest BCUT2D eigenvalue weighted by Gasteiger charge is 2.28. The third kappa shape index (κ3) is 3.35. The summed E-state index contributed by atoms with van der Waals surface area (Å²) >= 11 is 3.32. The van der Waals surface area contributed by atoms with Crippen LogP contribution in [0.25, 0.3) is 0 Å². The molecule has 0 aromatic carbocycles. The molecular weight excluding hydrogens is 332 g/mol. The molecule has 1 aliphatic carbocycles. The summed E-state index contributed by atoms with van der Waals surface area (Å²) in [5, 5.41) is 0. The molecule has 0 saturated heterocycles. The normalized spacial score (nSPS) is 15.3. The van der Waals surface area contributed by atoms with Gasteiger partial charge in [0.15, 0.2) is 0 Å². The molecule has 1 saturated carbocycles. The number of halogens is 1. The van der Waals surface area contributed by atoms with Crippen molar-refractivity contribution >= 4 is 21.8 Å². The van der Waals surface area contributed by atoms with E-state index in [-0.39, 0.29) is 5.91 Å². The van der Waals surface area contributed by atoms with E-state index >= 15 is 0 Å². The summed E-state index contributed by atoms with van der Waals surface area (Å²) in [6, 6.07) is 7.60. The minimum absolute atomic E-state index is 0.0430. The fourth-order valence-corrected chi connectivity index (χ4v) is 3.22. The quantitative estimate of drug-likeness (QED) is 0.783. The zero-order valence-corrected chi connectivity index (χ0v) is 13.3. The second-order valence-electron chi connectivity index (χ2n) is 5.32. The summed E-state index contributed by atoms with van der Waals surface area (Å²) in [7, 11) is 0. The van der Waals surface area contributed by atoms with E-state index in [0.29, 0.717) is 22.8 Å². The van der Waals surface area contributed by atoms with Crippen LogP contribution in [-0.4, -0.2) is 21.8 Å². The summed E-state index contributed by atoms with van der Waals surface area (Å²) < 4.78 is 6.10. The van der Waals surface area contributed by atoms with E-state index < -0.39 is 0 Å². The lowest BCUT2D eigenvalue weighted by Crippen LogP contribution is -2.38. The smallest absolute Gasteiger partial charge is 0.254 e. The maximum Gasteiger partial charge on any atom is 0.254 e. The van der Waals surface area contributed by atoms with Crippen LogP contribution in [0, 0.1) is 0 Å². The first-order valence-corrected chi connectivity index (χ1v) is 7.98. The minimum Gasteiger partial charge on any atom is -0.467 e. The Balaban J connectivity index is 1.85. The summed E-state index contributed by atoms with van der Waals surface area (Å²) in [5.41, 5.74) is 0.662. The van der Waals surface area contributed by atoms with Crippen LogP contribution in [0.4, 0.5) is 0 Å². The van der Waals surface area contributed by atoms with E-state index in [4.69, 9.17) is 4.42 Å². The zero-order chi connectivity index (χ0) is 14.7. The van der Waals surface area contributed by atoms with Crippen LogP contribution in [0.3, 0.4) is 0 Å².